The molecule has 0 saturated carbocycles. The average Bonchev–Trinajstić information content (AvgIpc) is 3.30. The fourth-order valence-electron chi connectivity index (χ4n) is 2.72. The zero-order valence-corrected chi connectivity index (χ0v) is 15.9. The highest BCUT2D eigenvalue weighted by molar-refractivity contribution is 7.17. The lowest BCUT2D eigenvalue weighted by molar-refractivity contribution is 0.0955. The summed E-state index contributed by atoms with van der Waals surface area (Å²) in [5.41, 5.74) is 3.83. The van der Waals surface area contributed by atoms with Crippen LogP contribution in [0.3, 0.4) is 0 Å². The number of hydrogen-bond donors (Lipinski definition) is 1. The van der Waals surface area contributed by atoms with E-state index in [4.69, 9.17) is 0 Å². The minimum absolute atomic E-state index is 0.0551. The number of halogens is 1. The van der Waals surface area contributed by atoms with E-state index in [1.165, 1.54) is 23.5 Å². The van der Waals surface area contributed by atoms with Gasteiger partial charge in [0, 0.05) is 22.3 Å². The zero-order valence-electron chi connectivity index (χ0n) is 14.2. The fraction of sp³-hybridized carbons (Fsp3) is 0.158. The highest BCUT2D eigenvalue weighted by Gasteiger charge is 2.14. The van der Waals surface area contributed by atoms with E-state index in [2.05, 4.69) is 10.3 Å². The summed E-state index contributed by atoms with van der Waals surface area (Å²) in [5.74, 6) is -0.314. The third-order valence-corrected chi connectivity index (χ3v) is 6.36. The first kappa shape index (κ1) is 16.9. The molecule has 0 unspecified atom stereocenters. The lowest BCUT2D eigenvalue weighted by Gasteiger charge is -2.02. The van der Waals surface area contributed by atoms with Crippen molar-refractivity contribution in [2.24, 2.45) is 0 Å². The number of nitrogens with one attached hydrogen (secondary N) is 1. The zero-order chi connectivity index (χ0) is 18.3. The van der Waals surface area contributed by atoms with E-state index in [9.17, 15) is 9.18 Å². The van der Waals surface area contributed by atoms with Crippen LogP contribution >= 0.6 is 22.7 Å². The molecule has 0 aliphatic rings. The summed E-state index contributed by atoms with van der Waals surface area (Å²) in [6, 6.07) is 8.21. The van der Waals surface area contributed by atoms with Gasteiger partial charge in [-0.2, -0.15) is 0 Å². The summed E-state index contributed by atoms with van der Waals surface area (Å²) in [5, 5.41) is 4.94. The van der Waals surface area contributed by atoms with Crippen molar-refractivity contribution in [2.45, 2.75) is 20.4 Å². The fourth-order valence-corrected chi connectivity index (χ4v) is 4.57. The van der Waals surface area contributed by atoms with Crippen LogP contribution in [-0.4, -0.2) is 15.3 Å². The van der Waals surface area contributed by atoms with Gasteiger partial charge in [0.1, 0.15) is 5.82 Å². The number of amides is 1. The van der Waals surface area contributed by atoms with Gasteiger partial charge >= 0.3 is 0 Å². The summed E-state index contributed by atoms with van der Waals surface area (Å²) >= 11 is 3.00. The van der Waals surface area contributed by atoms with Gasteiger partial charge in [0.15, 0.2) is 4.96 Å². The van der Waals surface area contributed by atoms with E-state index in [1.807, 2.05) is 35.9 Å². The third-order valence-electron chi connectivity index (χ3n) is 4.16. The molecule has 1 N–H and O–H groups in total. The van der Waals surface area contributed by atoms with E-state index < -0.39 is 0 Å². The second kappa shape index (κ2) is 6.66. The van der Waals surface area contributed by atoms with Gasteiger partial charge in [-0.1, -0.05) is 11.3 Å². The van der Waals surface area contributed by atoms with Crippen LogP contribution in [0, 0.1) is 19.7 Å². The van der Waals surface area contributed by atoms with Gasteiger partial charge < -0.3 is 5.32 Å². The number of imidazole rings is 1. The molecular weight excluding hydrogens is 369 g/mol. The molecule has 0 aliphatic heterocycles. The molecular formula is C19H16FN3OS2. The molecule has 7 heteroatoms. The number of aromatic nitrogens is 2. The van der Waals surface area contributed by atoms with Gasteiger partial charge in [-0.3, -0.25) is 9.20 Å². The Bertz CT molecular complexity index is 1090. The predicted octanol–water partition coefficient (Wildman–Crippen LogP) is 4.81. The molecule has 3 heterocycles. The second-order valence-corrected chi connectivity index (χ2v) is 8.04. The molecule has 3 aromatic heterocycles. The van der Waals surface area contributed by atoms with Crippen LogP contribution in [-0.2, 0) is 6.54 Å². The molecule has 4 rings (SSSR count). The maximum Gasteiger partial charge on any atom is 0.261 e. The molecule has 0 radical (unpaired) electrons. The summed E-state index contributed by atoms with van der Waals surface area (Å²) in [4.78, 5) is 19.5. The van der Waals surface area contributed by atoms with Crippen LogP contribution in [0.5, 0.6) is 0 Å². The SMILES string of the molecule is Cc1csc(C(=O)NCc2sc3nc(-c4ccc(F)cc4)cn3c2C)c1. The molecule has 4 aromatic rings. The smallest absolute Gasteiger partial charge is 0.261 e. The number of carbonyl (C=O) groups is 1. The Morgan fingerprint density at radius 2 is 2.04 bits per heavy atom. The summed E-state index contributed by atoms with van der Waals surface area (Å²) in [6.45, 7) is 4.46. The predicted molar refractivity (Wildman–Crippen MR) is 103 cm³/mol. The number of carbonyl (C=O) groups excluding carboxylic acids is 1. The van der Waals surface area contributed by atoms with Crippen molar-refractivity contribution in [3.8, 4) is 11.3 Å². The topological polar surface area (TPSA) is 46.4 Å². The molecule has 1 aromatic carbocycles. The first-order chi connectivity index (χ1) is 12.5. The Kier molecular flexibility index (Phi) is 4.34. The number of hydrogen-bond acceptors (Lipinski definition) is 4. The lowest BCUT2D eigenvalue weighted by Crippen LogP contribution is -2.21. The van der Waals surface area contributed by atoms with Crippen molar-refractivity contribution in [1.82, 2.24) is 14.7 Å². The third kappa shape index (κ3) is 3.15. The van der Waals surface area contributed by atoms with Crippen molar-refractivity contribution in [2.75, 3.05) is 0 Å². The van der Waals surface area contributed by atoms with E-state index in [0.717, 1.165) is 37.2 Å². The Labute approximate surface area is 158 Å². The van der Waals surface area contributed by atoms with Crippen LogP contribution in [0.2, 0.25) is 0 Å². The van der Waals surface area contributed by atoms with Crippen LogP contribution in [0.15, 0.2) is 41.9 Å². The van der Waals surface area contributed by atoms with E-state index in [1.54, 1.807) is 23.5 Å². The van der Waals surface area contributed by atoms with Gasteiger partial charge in [0.2, 0.25) is 0 Å². The number of aryl methyl sites for hydroxylation is 2. The van der Waals surface area contributed by atoms with Crippen molar-refractivity contribution in [3.63, 3.8) is 0 Å². The van der Waals surface area contributed by atoms with Crippen molar-refractivity contribution in [3.05, 3.63) is 68.7 Å². The first-order valence-electron chi connectivity index (χ1n) is 8.08. The summed E-state index contributed by atoms with van der Waals surface area (Å²) in [7, 11) is 0. The molecule has 0 bridgehead atoms. The standard InChI is InChI=1S/C19H16FN3OS2/c1-11-7-16(25-10-11)18(24)21-8-17-12(2)23-9-15(22-19(23)26-17)13-3-5-14(20)6-4-13/h3-7,9-10H,8H2,1-2H3,(H,21,24). The molecule has 1 amide bonds. The van der Waals surface area contributed by atoms with Gasteiger partial charge in [-0.25, -0.2) is 9.37 Å². The van der Waals surface area contributed by atoms with Crippen LogP contribution in [0.4, 0.5) is 4.39 Å². The Hall–Kier alpha value is -2.51. The highest BCUT2D eigenvalue weighted by Crippen LogP contribution is 2.27. The normalized spacial score (nSPS) is 11.2. The Morgan fingerprint density at radius 1 is 1.27 bits per heavy atom. The van der Waals surface area contributed by atoms with Gasteiger partial charge in [0.25, 0.3) is 5.91 Å². The number of benzene rings is 1. The van der Waals surface area contributed by atoms with Gasteiger partial charge in [-0.05, 0) is 55.1 Å². The maximum absolute atomic E-state index is 13.1. The number of fused-ring (bicyclic) bond motifs is 1. The molecule has 26 heavy (non-hydrogen) atoms. The highest BCUT2D eigenvalue weighted by atomic mass is 32.1. The number of thiophene rings is 1. The molecule has 0 saturated heterocycles. The number of thiazole rings is 1. The first-order valence-corrected chi connectivity index (χ1v) is 9.77. The Morgan fingerprint density at radius 3 is 2.69 bits per heavy atom. The van der Waals surface area contributed by atoms with Crippen LogP contribution < -0.4 is 5.32 Å². The number of nitrogens with zero attached hydrogens (tertiary/aromatic N) is 2. The minimum atomic E-state index is -0.259. The van der Waals surface area contributed by atoms with E-state index in [0.29, 0.717) is 6.54 Å². The largest absolute Gasteiger partial charge is 0.346 e. The van der Waals surface area contributed by atoms with E-state index in [-0.39, 0.29) is 11.7 Å². The molecule has 0 fully saturated rings. The van der Waals surface area contributed by atoms with Crippen molar-refractivity contribution in [1.29, 1.82) is 0 Å². The van der Waals surface area contributed by atoms with Crippen LogP contribution in [0.25, 0.3) is 16.2 Å². The van der Waals surface area contributed by atoms with Crippen molar-refractivity contribution >= 4 is 33.5 Å². The Balaban J connectivity index is 1.54. The van der Waals surface area contributed by atoms with Gasteiger partial charge in [0.05, 0.1) is 17.1 Å². The van der Waals surface area contributed by atoms with Crippen molar-refractivity contribution < 1.29 is 9.18 Å². The molecule has 132 valence electrons. The molecule has 0 aliphatic carbocycles. The summed E-state index contributed by atoms with van der Waals surface area (Å²) < 4.78 is 15.1. The summed E-state index contributed by atoms with van der Waals surface area (Å²) in [6.07, 6.45) is 1.95. The molecule has 0 atom stereocenters. The second-order valence-electron chi connectivity index (χ2n) is 6.07. The maximum atomic E-state index is 13.1. The van der Waals surface area contributed by atoms with E-state index >= 15 is 0 Å². The monoisotopic (exact) mass is 385 g/mol. The molecule has 0 spiro atoms. The quantitative estimate of drug-likeness (QED) is 0.548. The number of rotatable bonds is 4. The lowest BCUT2D eigenvalue weighted by atomic mass is 10.2. The minimum Gasteiger partial charge on any atom is -0.346 e. The van der Waals surface area contributed by atoms with Crippen LogP contribution in [0.1, 0.15) is 25.8 Å². The van der Waals surface area contributed by atoms with Gasteiger partial charge in [-0.15, -0.1) is 11.3 Å². The molecule has 4 nitrogen and oxygen atoms in total. The average molecular weight is 385 g/mol.